The summed E-state index contributed by atoms with van der Waals surface area (Å²) >= 11 is 6.31. The van der Waals surface area contributed by atoms with E-state index in [1.807, 2.05) is 37.3 Å². The van der Waals surface area contributed by atoms with Crippen LogP contribution in [-0.4, -0.2) is 46.3 Å². The lowest BCUT2D eigenvalue weighted by Crippen LogP contribution is -2.36. The zero-order valence-electron chi connectivity index (χ0n) is 20.9. The predicted octanol–water partition coefficient (Wildman–Crippen LogP) is 4.91. The van der Waals surface area contributed by atoms with Crippen LogP contribution in [-0.2, 0) is 19.1 Å². The normalized spacial score (nSPS) is 19.5. The summed E-state index contributed by atoms with van der Waals surface area (Å²) in [4.78, 5) is 26.9. The van der Waals surface area contributed by atoms with Gasteiger partial charge in [0.25, 0.3) is 0 Å². The van der Waals surface area contributed by atoms with Gasteiger partial charge in [-0.3, -0.25) is 4.79 Å². The summed E-state index contributed by atoms with van der Waals surface area (Å²) in [5.41, 5.74) is 4.21. The third-order valence-corrected chi connectivity index (χ3v) is 6.86. The molecular formula is C28H30ClNO6. The summed E-state index contributed by atoms with van der Waals surface area (Å²) in [6.07, 6.45) is 0.912. The minimum atomic E-state index is -0.575. The number of dihydropyridines is 1. The second-order valence-corrected chi connectivity index (χ2v) is 9.25. The van der Waals surface area contributed by atoms with E-state index in [1.54, 1.807) is 33.5 Å². The van der Waals surface area contributed by atoms with E-state index in [1.165, 1.54) is 0 Å². The first-order valence-electron chi connectivity index (χ1n) is 11.7. The largest absolute Gasteiger partial charge is 0.493 e. The Kier molecular flexibility index (Phi) is 8.01. The molecule has 7 nitrogen and oxygen atoms in total. The lowest BCUT2D eigenvalue weighted by molar-refractivity contribution is -0.140. The molecule has 2 aliphatic rings. The van der Waals surface area contributed by atoms with Crippen LogP contribution < -0.4 is 14.8 Å². The highest BCUT2D eigenvalue weighted by Crippen LogP contribution is 2.46. The van der Waals surface area contributed by atoms with Crippen LogP contribution in [0.3, 0.4) is 0 Å². The Morgan fingerprint density at radius 1 is 1.00 bits per heavy atom. The van der Waals surface area contributed by atoms with Gasteiger partial charge in [-0.25, -0.2) is 4.79 Å². The Bertz CT molecular complexity index is 1230. The summed E-state index contributed by atoms with van der Waals surface area (Å²) in [6.45, 7) is 2.24. The summed E-state index contributed by atoms with van der Waals surface area (Å²) < 4.78 is 21.3. The molecule has 0 saturated heterocycles. The Morgan fingerprint density at radius 3 is 2.47 bits per heavy atom. The van der Waals surface area contributed by atoms with E-state index in [9.17, 15) is 9.59 Å². The predicted molar refractivity (Wildman–Crippen MR) is 136 cm³/mol. The van der Waals surface area contributed by atoms with Crippen molar-refractivity contribution in [3.05, 3.63) is 81.2 Å². The molecule has 190 valence electrons. The second-order valence-electron chi connectivity index (χ2n) is 8.82. The number of Topliss-reactive ketones (excluding diaryl/α,β-unsaturated/α-hetero) is 1. The maximum absolute atomic E-state index is 13.7. The topological polar surface area (TPSA) is 83.1 Å². The van der Waals surface area contributed by atoms with E-state index in [-0.39, 0.29) is 24.9 Å². The molecule has 2 atom stereocenters. The van der Waals surface area contributed by atoms with Gasteiger partial charge < -0.3 is 24.3 Å². The summed E-state index contributed by atoms with van der Waals surface area (Å²) in [7, 11) is 4.73. The maximum atomic E-state index is 13.7. The lowest BCUT2D eigenvalue weighted by Gasteiger charge is -2.36. The smallest absolute Gasteiger partial charge is 0.336 e. The van der Waals surface area contributed by atoms with Gasteiger partial charge in [0.1, 0.15) is 6.61 Å². The van der Waals surface area contributed by atoms with Crippen LogP contribution in [0.15, 0.2) is 65.0 Å². The van der Waals surface area contributed by atoms with Crippen LogP contribution >= 0.6 is 11.6 Å². The number of carbonyl (C=O) groups excluding carboxylic acids is 2. The first kappa shape index (κ1) is 25.8. The molecule has 2 aromatic carbocycles. The first-order chi connectivity index (χ1) is 17.4. The number of carbonyl (C=O) groups is 2. The lowest BCUT2D eigenvalue weighted by atomic mass is 9.71. The van der Waals surface area contributed by atoms with Crippen LogP contribution in [0.4, 0.5) is 0 Å². The van der Waals surface area contributed by atoms with Crippen molar-refractivity contribution in [2.45, 2.75) is 31.6 Å². The van der Waals surface area contributed by atoms with Crippen LogP contribution in [0, 0.1) is 0 Å². The molecule has 0 saturated carbocycles. The Balaban J connectivity index is 1.74. The number of ether oxygens (including phenoxy) is 4. The fourth-order valence-electron chi connectivity index (χ4n) is 4.97. The van der Waals surface area contributed by atoms with Crippen molar-refractivity contribution in [1.82, 2.24) is 5.32 Å². The first-order valence-corrected chi connectivity index (χ1v) is 12.1. The average Bonchev–Trinajstić information content (AvgIpc) is 2.87. The number of allylic oxidation sites excluding steroid dienone is 3. The minimum Gasteiger partial charge on any atom is -0.493 e. The number of rotatable bonds is 8. The van der Waals surface area contributed by atoms with Gasteiger partial charge in [-0.2, -0.15) is 0 Å². The van der Waals surface area contributed by atoms with Crippen molar-refractivity contribution in [2.24, 2.45) is 0 Å². The van der Waals surface area contributed by atoms with E-state index < -0.39 is 11.9 Å². The van der Waals surface area contributed by atoms with E-state index in [0.29, 0.717) is 46.2 Å². The van der Waals surface area contributed by atoms with Gasteiger partial charge >= 0.3 is 5.97 Å². The summed E-state index contributed by atoms with van der Waals surface area (Å²) in [5, 5.41) is 3.88. The standard InChI is InChI=1S/C28H30ClNO6/c1-16-25(28(32)36-11-10-33-2)26(18-6-5-7-20(29)12-18)27-21(30-16)13-19(14-22(27)31)17-8-9-23(34-3)24(15-17)35-4/h5-9,12,15,19,26,30H,10-11,13-14H2,1-4H3/t19-,26+/m1/s1. The number of ketones is 1. The molecular weight excluding hydrogens is 482 g/mol. The molecule has 1 N–H and O–H groups in total. The second kappa shape index (κ2) is 11.2. The van der Waals surface area contributed by atoms with E-state index in [2.05, 4.69) is 5.32 Å². The molecule has 36 heavy (non-hydrogen) atoms. The number of benzene rings is 2. The molecule has 0 amide bonds. The zero-order chi connectivity index (χ0) is 25.8. The minimum absolute atomic E-state index is 0.0248. The van der Waals surface area contributed by atoms with Crippen LogP contribution in [0.2, 0.25) is 5.02 Å². The summed E-state index contributed by atoms with van der Waals surface area (Å²) in [5.74, 6) is 0.121. The van der Waals surface area contributed by atoms with Gasteiger partial charge in [0.05, 0.1) is 26.4 Å². The molecule has 1 aliphatic heterocycles. The molecule has 1 heterocycles. The van der Waals surface area contributed by atoms with Gasteiger partial charge in [-0.15, -0.1) is 0 Å². The zero-order valence-corrected chi connectivity index (χ0v) is 21.6. The number of hydrogen-bond acceptors (Lipinski definition) is 7. The van der Waals surface area contributed by atoms with Crippen LogP contribution in [0.5, 0.6) is 11.5 Å². The van der Waals surface area contributed by atoms with Crippen molar-refractivity contribution in [3.63, 3.8) is 0 Å². The third-order valence-electron chi connectivity index (χ3n) is 6.63. The molecule has 1 aliphatic carbocycles. The number of esters is 1. The van der Waals surface area contributed by atoms with Gasteiger partial charge in [0, 0.05) is 41.4 Å². The average molecular weight is 512 g/mol. The molecule has 8 heteroatoms. The SMILES string of the molecule is COCCOC(=O)C1=C(C)NC2=C(C(=O)C[C@H](c3ccc(OC)c(OC)c3)C2)[C@H]1c1cccc(Cl)c1. The Hall–Kier alpha value is -3.29. The molecule has 0 spiro atoms. The van der Waals surface area contributed by atoms with Gasteiger partial charge in [-0.1, -0.05) is 29.8 Å². The van der Waals surface area contributed by atoms with Gasteiger partial charge in [0.15, 0.2) is 17.3 Å². The van der Waals surface area contributed by atoms with Crippen molar-refractivity contribution < 1.29 is 28.5 Å². The van der Waals surface area contributed by atoms with E-state index >= 15 is 0 Å². The Morgan fingerprint density at radius 2 is 1.78 bits per heavy atom. The number of hydrogen-bond donors (Lipinski definition) is 1. The molecule has 0 aromatic heterocycles. The quantitative estimate of drug-likeness (QED) is 0.398. The highest BCUT2D eigenvalue weighted by Gasteiger charge is 2.41. The van der Waals surface area contributed by atoms with Crippen molar-refractivity contribution in [3.8, 4) is 11.5 Å². The van der Waals surface area contributed by atoms with Crippen molar-refractivity contribution in [2.75, 3.05) is 34.5 Å². The van der Waals surface area contributed by atoms with Gasteiger partial charge in [-0.05, 0) is 54.7 Å². The molecule has 0 fully saturated rings. The monoisotopic (exact) mass is 511 g/mol. The van der Waals surface area contributed by atoms with Crippen LogP contribution in [0.1, 0.15) is 42.7 Å². The molecule has 4 rings (SSSR count). The molecule has 0 unspecified atom stereocenters. The molecule has 0 bridgehead atoms. The molecule has 0 radical (unpaired) electrons. The molecule has 2 aromatic rings. The number of nitrogens with one attached hydrogen (secondary N) is 1. The Labute approximate surface area is 216 Å². The van der Waals surface area contributed by atoms with E-state index in [0.717, 1.165) is 16.8 Å². The summed E-state index contributed by atoms with van der Waals surface area (Å²) in [6, 6.07) is 13.0. The fourth-order valence-corrected chi connectivity index (χ4v) is 5.17. The fraction of sp³-hybridized carbons (Fsp3) is 0.357. The number of methoxy groups -OCH3 is 3. The maximum Gasteiger partial charge on any atom is 0.336 e. The van der Waals surface area contributed by atoms with Gasteiger partial charge in [0.2, 0.25) is 0 Å². The van der Waals surface area contributed by atoms with E-state index in [4.69, 9.17) is 30.5 Å². The highest BCUT2D eigenvalue weighted by atomic mass is 35.5. The third kappa shape index (κ3) is 5.13. The van der Waals surface area contributed by atoms with Crippen LogP contribution in [0.25, 0.3) is 0 Å². The highest BCUT2D eigenvalue weighted by molar-refractivity contribution is 6.30. The van der Waals surface area contributed by atoms with Crippen molar-refractivity contribution >= 4 is 23.4 Å². The van der Waals surface area contributed by atoms with Crippen molar-refractivity contribution in [1.29, 1.82) is 0 Å². The number of halogens is 1.